The van der Waals surface area contributed by atoms with E-state index in [1.54, 1.807) is 18.2 Å². The van der Waals surface area contributed by atoms with Crippen LogP contribution in [-0.4, -0.2) is 15.0 Å². The third kappa shape index (κ3) is 4.45. The van der Waals surface area contributed by atoms with Gasteiger partial charge in [0.1, 0.15) is 6.61 Å². The monoisotopic (exact) mass is 401 g/mol. The van der Waals surface area contributed by atoms with Crippen LogP contribution in [0.15, 0.2) is 54.3 Å². The molecule has 0 amide bonds. The number of benzene rings is 2. The topological polar surface area (TPSA) is 87.9 Å². The van der Waals surface area contributed by atoms with Crippen LogP contribution in [0.5, 0.6) is 0 Å². The molecule has 1 aliphatic rings. The van der Waals surface area contributed by atoms with Gasteiger partial charge in [0, 0.05) is 16.1 Å². The first-order valence-electron chi connectivity index (χ1n) is 7.07. The van der Waals surface area contributed by atoms with Crippen LogP contribution in [0.2, 0.25) is 10.0 Å². The Kier molecular flexibility index (Phi) is 5.21. The van der Waals surface area contributed by atoms with Gasteiger partial charge < -0.3 is 9.47 Å². The molecule has 0 bridgehead atoms. The van der Waals surface area contributed by atoms with Gasteiger partial charge in [-0.3, -0.25) is 0 Å². The van der Waals surface area contributed by atoms with Crippen LogP contribution in [-0.2, 0) is 24.0 Å². The Morgan fingerprint density at radius 3 is 2.44 bits per heavy atom. The second kappa shape index (κ2) is 7.23. The number of halogens is 2. The lowest BCUT2D eigenvalue weighted by Crippen LogP contribution is -2.17. The third-order valence-electron chi connectivity index (χ3n) is 3.33. The van der Waals surface area contributed by atoms with Gasteiger partial charge >= 0.3 is 10.3 Å². The van der Waals surface area contributed by atoms with E-state index in [-0.39, 0.29) is 11.5 Å². The smallest absolute Gasteiger partial charge is 0.333 e. The summed E-state index contributed by atoms with van der Waals surface area (Å²) in [5.41, 5.74) is 1.24. The number of nitrogens with two attached hydrogens (primary N) is 1. The van der Waals surface area contributed by atoms with Crippen LogP contribution in [0.4, 0.5) is 0 Å². The first-order valence-corrected chi connectivity index (χ1v) is 9.30. The SMILES string of the molecule is NS(=O)(=O)OCC1=C(c2ccc(Cl)cc2Cl)OC(c2ccccc2)O1. The molecule has 3 rings (SSSR count). The van der Waals surface area contributed by atoms with Crippen LogP contribution in [0.3, 0.4) is 0 Å². The minimum atomic E-state index is -4.14. The molecule has 0 aromatic heterocycles. The molecule has 6 nitrogen and oxygen atoms in total. The molecule has 0 fully saturated rings. The summed E-state index contributed by atoms with van der Waals surface area (Å²) >= 11 is 12.1. The van der Waals surface area contributed by atoms with Gasteiger partial charge in [-0.2, -0.15) is 8.42 Å². The summed E-state index contributed by atoms with van der Waals surface area (Å²) in [6.07, 6.45) is -0.762. The predicted molar refractivity (Wildman–Crippen MR) is 93.8 cm³/mol. The summed E-state index contributed by atoms with van der Waals surface area (Å²) in [5, 5.41) is 5.66. The van der Waals surface area contributed by atoms with Gasteiger partial charge in [-0.25, -0.2) is 9.32 Å². The lowest BCUT2D eigenvalue weighted by molar-refractivity contribution is -0.0324. The average molecular weight is 402 g/mol. The van der Waals surface area contributed by atoms with Gasteiger partial charge in [0.15, 0.2) is 11.5 Å². The highest BCUT2D eigenvalue weighted by atomic mass is 35.5. The molecule has 2 aromatic carbocycles. The van der Waals surface area contributed by atoms with Crippen molar-refractivity contribution < 1.29 is 22.1 Å². The van der Waals surface area contributed by atoms with Gasteiger partial charge in [0.2, 0.25) is 0 Å². The Labute approximate surface area is 155 Å². The molecule has 9 heteroatoms. The van der Waals surface area contributed by atoms with Crippen LogP contribution in [0, 0.1) is 0 Å². The fourth-order valence-electron chi connectivity index (χ4n) is 2.25. The summed E-state index contributed by atoms with van der Waals surface area (Å²) in [6.45, 7) is -0.420. The van der Waals surface area contributed by atoms with E-state index in [1.165, 1.54) is 0 Å². The molecule has 1 unspecified atom stereocenters. The number of rotatable bonds is 5. The van der Waals surface area contributed by atoms with Crippen molar-refractivity contribution in [1.82, 2.24) is 0 Å². The van der Waals surface area contributed by atoms with Crippen molar-refractivity contribution in [3.05, 3.63) is 75.5 Å². The highest BCUT2D eigenvalue weighted by Crippen LogP contribution is 2.41. The Morgan fingerprint density at radius 2 is 1.80 bits per heavy atom. The van der Waals surface area contributed by atoms with Gasteiger partial charge in [-0.1, -0.05) is 53.5 Å². The van der Waals surface area contributed by atoms with Crippen molar-refractivity contribution in [3.63, 3.8) is 0 Å². The number of hydrogen-bond acceptors (Lipinski definition) is 5. The molecule has 2 N–H and O–H groups in total. The molecule has 1 aliphatic heterocycles. The Bertz CT molecular complexity index is 915. The molecular formula is C16H13Cl2NO5S. The Balaban J connectivity index is 1.95. The lowest BCUT2D eigenvalue weighted by Gasteiger charge is -2.12. The Hall–Kier alpha value is -1.77. The number of ether oxygens (including phenoxy) is 2. The van der Waals surface area contributed by atoms with Gasteiger partial charge in [0.05, 0.1) is 5.02 Å². The quantitative estimate of drug-likeness (QED) is 0.825. The van der Waals surface area contributed by atoms with Crippen LogP contribution < -0.4 is 5.14 Å². The zero-order valence-corrected chi connectivity index (χ0v) is 15.0. The van der Waals surface area contributed by atoms with Crippen molar-refractivity contribution in [2.75, 3.05) is 6.61 Å². The maximum Gasteiger partial charge on any atom is 0.333 e. The molecular weight excluding hydrogens is 389 g/mol. The van der Waals surface area contributed by atoms with E-state index in [0.29, 0.717) is 15.6 Å². The summed E-state index contributed by atoms with van der Waals surface area (Å²) in [4.78, 5) is 0. The molecule has 0 aliphatic carbocycles. The van der Waals surface area contributed by atoms with Crippen LogP contribution >= 0.6 is 23.2 Å². The summed E-state index contributed by atoms with van der Waals surface area (Å²) in [5.74, 6) is 0.422. The molecule has 1 atom stereocenters. The zero-order valence-electron chi connectivity index (χ0n) is 12.7. The first-order chi connectivity index (χ1) is 11.8. The van der Waals surface area contributed by atoms with Crippen molar-refractivity contribution in [2.24, 2.45) is 5.14 Å². The van der Waals surface area contributed by atoms with Crippen molar-refractivity contribution in [2.45, 2.75) is 6.29 Å². The molecule has 1 heterocycles. The van der Waals surface area contributed by atoms with Crippen LogP contribution in [0.25, 0.3) is 5.76 Å². The van der Waals surface area contributed by atoms with Gasteiger partial charge in [-0.05, 0) is 18.2 Å². The van der Waals surface area contributed by atoms with E-state index < -0.39 is 23.2 Å². The van der Waals surface area contributed by atoms with E-state index in [2.05, 4.69) is 4.18 Å². The van der Waals surface area contributed by atoms with E-state index >= 15 is 0 Å². The molecule has 0 spiro atoms. The summed E-state index contributed by atoms with van der Waals surface area (Å²) < 4.78 is 38.4. The van der Waals surface area contributed by atoms with E-state index in [4.69, 9.17) is 37.8 Å². The maximum absolute atomic E-state index is 11.1. The van der Waals surface area contributed by atoms with Gasteiger partial charge in [-0.15, -0.1) is 0 Å². The third-order valence-corrected chi connectivity index (χ3v) is 4.32. The van der Waals surface area contributed by atoms with Gasteiger partial charge in [0.25, 0.3) is 6.29 Å². The molecule has 0 saturated heterocycles. The zero-order chi connectivity index (χ0) is 18.0. The van der Waals surface area contributed by atoms with Crippen LogP contribution in [0.1, 0.15) is 17.4 Å². The van der Waals surface area contributed by atoms with E-state index in [9.17, 15) is 8.42 Å². The molecule has 2 aromatic rings. The first kappa shape index (κ1) is 18.0. The Morgan fingerprint density at radius 1 is 1.08 bits per heavy atom. The predicted octanol–water partition coefficient (Wildman–Crippen LogP) is 3.63. The van der Waals surface area contributed by atoms with Crippen molar-refractivity contribution in [3.8, 4) is 0 Å². The second-order valence-corrected chi connectivity index (χ2v) is 7.17. The minimum Gasteiger partial charge on any atom is -0.449 e. The molecule has 132 valence electrons. The molecule has 0 radical (unpaired) electrons. The molecule has 25 heavy (non-hydrogen) atoms. The summed E-state index contributed by atoms with van der Waals surface area (Å²) in [7, 11) is -4.14. The second-order valence-electron chi connectivity index (χ2n) is 5.11. The molecule has 0 saturated carbocycles. The van der Waals surface area contributed by atoms with E-state index in [1.807, 2.05) is 30.3 Å². The van der Waals surface area contributed by atoms with Crippen molar-refractivity contribution in [1.29, 1.82) is 0 Å². The average Bonchev–Trinajstić information content (AvgIpc) is 2.97. The summed E-state index contributed by atoms with van der Waals surface area (Å²) in [6, 6.07) is 14.0. The standard InChI is InChI=1S/C16H13Cl2NO5S/c17-11-6-7-12(13(18)8-11)15-14(9-22-25(19,20)21)23-16(24-15)10-4-2-1-3-5-10/h1-8,16H,9H2,(H2,19,20,21). The minimum absolute atomic E-state index is 0.159. The van der Waals surface area contributed by atoms with E-state index in [0.717, 1.165) is 5.56 Å². The fraction of sp³-hybridized carbons (Fsp3) is 0.125. The lowest BCUT2D eigenvalue weighted by atomic mass is 10.1. The van der Waals surface area contributed by atoms with Crippen molar-refractivity contribution >= 4 is 39.3 Å². The number of hydrogen-bond donors (Lipinski definition) is 1. The highest BCUT2D eigenvalue weighted by Gasteiger charge is 2.31. The fourth-order valence-corrected chi connectivity index (χ4v) is 3.01. The largest absolute Gasteiger partial charge is 0.449 e. The maximum atomic E-state index is 11.1. The normalized spacial score (nSPS) is 17.3. The highest BCUT2D eigenvalue weighted by molar-refractivity contribution is 7.84.